The number of ether oxygens (including phenoxy) is 1. The molecule has 0 radical (unpaired) electrons. The summed E-state index contributed by atoms with van der Waals surface area (Å²) in [7, 11) is 0. The minimum Gasteiger partial charge on any atom is -0.476 e. The van der Waals surface area contributed by atoms with E-state index in [1.165, 1.54) is 6.07 Å². The number of hydrogen-bond acceptors (Lipinski definition) is 5. The number of nitrogens with one attached hydrogen (secondary N) is 2. The lowest BCUT2D eigenvalue weighted by Gasteiger charge is -2.13. The first-order valence-corrected chi connectivity index (χ1v) is 12.1. The van der Waals surface area contributed by atoms with Gasteiger partial charge in [-0.2, -0.15) is 0 Å². The number of amides is 1. The first-order valence-electron chi connectivity index (χ1n) is 11.3. The second-order valence-electron chi connectivity index (χ2n) is 8.11. The molecular formula is C29H20Cl2N2O4. The Labute approximate surface area is 222 Å². The number of rotatable bonds is 7. The Morgan fingerprint density at radius 2 is 1.49 bits per heavy atom. The van der Waals surface area contributed by atoms with E-state index in [2.05, 4.69) is 10.6 Å². The summed E-state index contributed by atoms with van der Waals surface area (Å²) in [6.45, 7) is -0.418. The quantitative estimate of drug-likeness (QED) is 0.227. The van der Waals surface area contributed by atoms with Crippen LogP contribution in [0.1, 0.15) is 0 Å². The zero-order chi connectivity index (χ0) is 25.8. The number of carbonyl (C=O) groups is 1. The highest BCUT2D eigenvalue weighted by atomic mass is 35.5. The van der Waals surface area contributed by atoms with Gasteiger partial charge in [-0.05, 0) is 66.7 Å². The highest BCUT2D eigenvalue weighted by Crippen LogP contribution is 2.35. The third kappa shape index (κ3) is 5.61. The van der Waals surface area contributed by atoms with Crippen molar-refractivity contribution in [3.8, 4) is 17.1 Å². The number of para-hydroxylation sites is 1. The molecule has 0 aliphatic rings. The minimum absolute atomic E-state index is 0.125. The van der Waals surface area contributed by atoms with Crippen molar-refractivity contribution in [2.75, 3.05) is 17.2 Å². The monoisotopic (exact) mass is 530 g/mol. The molecule has 0 bridgehead atoms. The fraction of sp³-hybridized carbons (Fsp3) is 0.0345. The molecule has 1 aromatic heterocycles. The van der Waals surface area contributed by atoms with Crippen LogP contribution in [0.25, 0.3) is 22.3 Å². The van der Waals surface area contributed by atoms with Gasteiger partial charge in [0.25, 0.3) is 5.91 Å². The molecule has 0 saturated carbocycles. The van der Waals surface area contributed by atoms with Crippen molar-refractivity contribution in [2.24, 2.45) is 0 Å². The van der Waals surface area contributed by atoms with Gasteiger partial charge in [-0.1, -0.05) is 53.5 Å². The number of carbonyl (C=O) groups excluding carboxylic acids is 1. The van der Waals surface area contributed by atoms with Gasteiger partial charge in [-0.3, -0.25) is 9.59 Å². The second-order valence-corrected chi connectivity index (χ2v) is 8.96. The van der Waals surface area contributed by atoms with E-state index in [0.29, 0.717) is 26.9 Å². The summed E-state index contributed by atoms with van der Waals surface area (Å²) in [5, 5.41) is 7.03. The van der Waals surface area contributed by atoms with Crippen LogP contribution in [0, 0.1) is 0 Å². The maximum absolute atomic E-state index is 13.3. The van der Waals surface area contributed by atoms with Crippen LogP contribution < -0.4 is 20.8 Å². The highest BCUT2D eigenvalue weighted by Gasteiger charge is 2.21. The van der Waals surface area contributed by atoms with Crippen molar-refractivity contribution in [1.82, 2.24) is 0 Å². The third-order valence-corrected chi connectivity index (χ3v) is 6.07. The van der Waals surface area contributed by atoms with E-state index in [4.69, 9.17) is 32.4 Å². The molecule has 0 aliphatic carbocycles. The van der Waals surface area contributed by atoms with Crippen molar-refractivity contribution >= 4 is 57.1 Å². The topological polar surface area (TPSA) is 80.6 Å². The Morgan fingerprint density at radius 3 is 2.24 bits per heavy atom. The molecule has 5 aromatic rings. The van der Waals surface area contributed by atoms with Gasteiger partial charge in [0.15, 0.2) is 12.4 Å². The molecule has 0 spiro atoms. The lowest BCUT2D eigenvalue weighted by Crippen LogP contribution is -2.22. The molecular weight excluding hydrogens is 511 g/mol. The predicted molar refractivity (Wildman–Crippen MR) is 148 cm³/mol. The Hall–Kier alpha value is -4.26. The van der Waals surface area contributed by atoms with E-state index in [1.54, 1.807) is 48.5 Å². The van der Waals surface area contributed by atoms with Gasteiger partial charge in [-0.15, -0.1) is 0 Å². The zero-order valence-electron chi connectivity index (χ0n) is 19.3. The fourth-order valence-corrected chi connectivity index (χ4v) is 4.16. The molecule has 184 valence electrons. The molecule has 0 saturated heterocycles. The summed E-state index contributed by atoms with van der Waals surface area (Å²) in [5.74, 6) is -0.436. The van der Waals surface area contributed by atoms with Gasteiger partial charge in [-0.25, -0.2) is 0 Å². The van der Waals surface area contributed by atoms with E-state index >= 15 is 0 Å². The van der Waals surface area contributed by atoms with Crippen LogP contribution in [0.3, 0.4) is 0 Å². The summed E-state index contributed by atoms with van der Waals surface area (Å²) in [5.41, 5.74) is 2.74. The maximum Gasteiger partial charge on any atom is 0.262 e. The molecule has 8 heteroatoms. The van der Waals surface area contributed by atoms with E-state index < -0.39 is 17.9 Å². The van der Waals surface area contributed by atoms with Crippen LogP contribution in [-0.2, 0) is 4.79 Å². The first-order chi connectivity index (χ1) is 18.0. The average molecular weight is 531 g/mol. The van der Waals surface area contributed by atoms with Gasteiger partial charge in [0, 0.05) is 27.6 Å². The Balaban J connectivity index is 1.36. The molecule has 0 aliphatic heterocycles. The van der Waals surface area contributed by atoms with Crippen molar-refractivity contribution < 1.29 is 13.9 Å². The number of anilines is 3. The van der Waals surface area contributed by atoms with Crippen molar-refractivity contribution in [2.45, 2.75) is 0 Å². The minimum atomic E-state index is -0.456. The molecule has 0 unspecified atom stereocenters. The Morgan fingerprint density at radius 1 is 0.811 bits per heavy atom. The van der Waals surface area contributed by atoms with E-state index in [9.17, 15) is 9.59 Å². The Bertz CT molecular complexity index is 1630. The number of fused-ring (bicyclic) bond motifs is 1. The SMILES string of the molecule is O=C(COc1c(-c2ccccc2Cl)oc2ccc(Cl)cc2c1=O)Nc1ccc(Nc2ccccc2)cc1. The maximum atomic E-state index is 13.3. The van der Waals surface area contributed by atoms with Crippen LogP contribution in [0.4, 0.5) is 17.1 Å². The zero-order valence-corrected chi connectivity index (χ0v) is 20.8. The number of hydrogen-bond donors (Lipinski definition) is 2. The molecule has 5 rings (SSSR count). The molecule has 4 aromatic carbocycles. The summed E-state index contributed by atoms with van der Waals surface area (Å²) in [4.78, 5) is 26.0. The molecule has 37 heavy (non-hydrogen) atoms. The molecule has 6 nitrogen and oxygen atoms in total. The van der Waals surface area contributed by atoms with Crippen molar-refractivity contribution in [3.63, 3.8) is 0 Å². The van der Waals surface area contributed by atoms with Crippen LogP contribution in [0.15, 0.2) is 106 Å². The highest BCUT2D eigenvalue weighted by molar-refractivity contribution is 6.33. The number of benzene rings is 4. The molecule has 0 fully saturated rings. The lowest BCUT2D eigenvalue weighted by molar-refractivity contribution is -0.118. The molecule has 2 N–H and O–H groups in total. The van der Waals surface area contributed by atoms with Crippen LogP contribution in [0.5, 0.6) is 5.75 Å². The van der Waals surface area contributed by atoms with Crippen molar-refractivity contribution in [3.05, 3.63) is 117 Å². The van der Waals surface area contributed by atoms with Crippen LogP contribution >= 0.6 is 23.2 Å². The predicted octanol–water partition coefficient (Wildman–Crippen LogP) is 7.53. The van der Waals surface area contributed by atoms with Crippen LogP contribution in [-0.4, -0.2) is 12.5 Å². The van der Waals surface area contributed by atoms with Gasteiger partial charge >= 0.3 is 0 Å². The van der Waals surface area contributed by atoms with Crippen LogP contribution in [0.2, 0.25) is 10.0 Å². The van der Waals surface area contributed by atoms with Gasteiger partial charge in [0.1, 0.15) is 5.58 Å². The molecule has 0 atom stereocenters. The largest absolute Gasteiger partial charge is 0.476 e. The van der Waals surface area contributed by atoms with Gasteiger partial charge < -0.3 is 19.8 Å². The van der Waals surface area contributed by atoms with E-state index in [0.717, 1.165) is 11.4 Å². The summed E-state index contributed by atoms with van der Waals surface area (Å²) in [6.07, 6.45) is 0. The standard InChI is InChI=1S/C29H20Cl2N2O4/c30-18-10-15-25-23(16-18)27(35)29(28(37-25)22-8-4-5-9-24(22)31)36-17-26(34)33-21-13-11-20(12-14-21)32-19-6-2-1-3-7-19/h1-16,32H,17H2,(H,33,34). The third-order valence-electron chi connectivity index (χ3n) is 5.51. The fourth-order valence-electron chi connectivity index (χ4n) is 3.76. The first kappa shape index (κ1) is 24.4. The van der Waals surface area contributed by atoms with E-state index in [-0.39, 0.29) is 16.9 Å². The van der Waals surface area contributed by atoms with Gasteiger partial charge in [0.05, 0.1) is 10.4 Å². The molecule has 1 amide bonds. The van der Waals surface area contributed by atoms with E-state index in [1.807, 2.05) is 42.5 Å². The van der Waals surface area contributed by atoms with Crippen molar-refractivity contribution in [1.29, 1.82) is 0 Å². The van der Waals surface area contributed by atoms with Gasteiger partial charge in [0.2, 0.25) is 11.2 Å². The summed E-state index contributed by atoms with van der Waals surface area (Å²) >= 11 is 12.5. The number of halogens is 2. The second kappa shape index (κ2) is 10.8. The average Bonchev–Trinajstić information content (AvgIpc) is 2.90. The summed E-state index contributed by atoms with van der Waals surface area (Å²) in [6, 6.07) is 28.6. The normalized spacial score (nSPS) is 10.8. The summed E-state index contributed by atoms with van der Waals surface area (Å²) < 4.78 is 11.7. The smallest absolute Gasteiger partial charge is 0.262 e. The Kier molecular flexibility index (Phi) is 7.12. The lowest BCUT2D eigenvalue weighted by atomic mass is 10.1. The molecule has 1 heterocycles.